The number of hydrogen-bond donors (Lipinski definition) is 1. The summed E-state index contributed by atoms with van der Waals surface area (Å²) in [5.41, 5.74) is 4.91. The summed E-state index contributed by atoms with van der Waals surface area (Å²) in [6.45, 7) is -0.306. The Bertz CT molecular complexity index is 366. The van der Waals surface area contributed by atoms with Gasteiger partial charge in [0, 0.05) is 17.1 Å². The lowest BCUT2D eigenvalue weighted by Crippen LogP contribution is -2.18. The Morgan fingerprint density at radius 2 is 1.93 bits per heavy atom. The molecule has 84 valence electrons. The molecule has 2 nitrogen and oxygen atoms in total. The maximum Gasteiger partial charge on any atom is 0.573 e. The van der Waals surface area contributed by atoms with Gasteiger partial charge < -0.3 is 10.5 Å². The van der Waals surface area contributed by atoms with Crippen molar-refractivity contribution >= 4 is 11.6 Å². The van der Waals surface area contributed by atoms with Gasteiger partial charge in [-0.05, 0) is 12.1 Å². The average Bonchev–Trinajstić information content (AvgIpc) is 2.09. The van der Waals surface area contributed by atoms with Crippen molar-refractivity contribution in [2.45, 2.75) is 12.9 Å². The van der Waals surface area contributed by atoms with E-state index in [2.05, 4.69) is 4.74 Å². The van der Waals surface area contributed by atoms with E-state index in [-0.39, 0.29) is 17.1 Å². The van der Waals surface area contributed by atoms with Crippen LogP contribution in [0, 0.1) is 5.82 Å². The number of rotatable bonds is 2. The lowest BCUT2D eigenvalue weighted by atomic mass is 10.2. The Labute approximate surface area is 87.6 Å². The number of halogens is 5. The lowest BCUT2D eigenvalue weighted by molar-refractivity contribution is -0.275. The van der Waals surface area contributed by atoms with Gasteiger partial charge in [-0.25, -0.2) is 4.39 Å². The Kier molecular flexibility index (Phi) is 3.41. The highest BCUT2D eigenvalue weighted by atomic mass is 35.5. The summed E-state index contributed by atoms with van der Waals surface area (Å²) >= 11 is 5.52. The second-order valence-electron chi connectivity index (χ2n) is 2.59. The highest BCUT2D eigenvalue weighted by molar-refractivity contribution is 6.31. The molecule has 0 aliphatic rings. The van der Waals surface area contributed by atoms with E-state index in [9.17, 15) is 17.6 Å². The molecule has 0 saturated heterocycles. The van der Waals surface area contributed by atoms with E-state index < -0.39 is 17.9 Å². The fourth-order valence-corrected chi connectivity index (χ4v) is 1.19. The molecular formula is C8H6ClF4NO. The second kappa shape index (κ2) is 4.24. The first-order valence-electron chi connectivity index (χ1n) is 3.78. The van der Waals surface area contributed by atoms with Crippen LogP contribution in [0.4, 0.5) is 17.6 Å². The predicted octanol–water partition coefficient (Wildman–Crippen LogP) is 2.84. The SMILES string of the molecule is NCc1c(Cl)ccc(OC(F)(F)F)c1F. The molecule has 0 aliphatic heterocycles. The highest BCUT2D eigenvalue weighted by Crippen LogP contribution is 2.30. The largest absolute Gasteiger partial charge is 0.573 e. The number of hydrogen-bond acceptors (Lipinski definition) is 2. The minimum absolute atomic E-state index is 0.0375. The van der Waals surface area contributed by atoms with Crippen LogP contribution in [0.25, 0.3) is 0 Å². The van der Waals surface area contributed by atoms with Crippen LogP contribution in [0.3, 0.4) is 0 Å². The molecule has 0 radical (unpaired) electrons. The van der Waals surface area contributed by atoms with E-state index in [0.29, 0.717) is 0 Å². The molecule has 1 rings (SSSR count). The van der Waals surface area contributed by atoms with Crippen LogP contribution < -0.4 is 10.5 Å². The Balaban J connectivity index is 3.11. The quantitative estimate of drug-likeness (QED) is 0.811. The first kappa shape index (κ1) is 12.1. The maximum absolute atomic E-state index is 13.3. The fraction of sp³-hybridized carbons (Fsp3) is 0.250. The normalized spacial score (nSPS) is 11.6. The fourth-order valence-electron chi connectivity index (χ4n) is 0.967. The van der Waals surface area contributed by atoms with Crippen LogP contribution in [0.1, 0.15) is 5.56 Å². The van der Waals surface area contributed by atoms with Gasteiger partial charge in [-0.15, -0.1) is 13.2 Å². The molecule has 7 heteroatoms. The summed E-state index contributed by atoms with van der Waals surface area (Å²) in [5, 5.41) is -0.0375. The minimum Gasteiger partial charge on any atom is -0.403 e. The second-order valence-corrected chi connectivity index (χ2v) is 3.00. The van der Waals surface area contributed by atoms with E-state index in [1.807, 2.05) is 0 Å². The smallest absolute Gasteiger partial charge is 0.403 e. The third-order valence-electron chi connectivity index (χ3n) is 1.58. The molecule has 0 unspecified atom stereocenters. The van der Waals surface area contributed by atoms with Gasteiger partial charge in [-0.3, -0.25) is 0 Å². The van der Waals surface area contributed by atoms with E-state index in [4.69, 9.17) is 17.3 Å². The Morgan fingerprint density at radius 1 is 1.33 bits per heavy atom. The van der Waals surface area contributed by atoms with Gasteiger partial charge in [-0.1, -0.05) is 11.6 Å². The molecule has 0 aliphatic carbocycles. The molecular weight excluding hydrogens is 238 g/mol. The van der Waals surface area contributed by atoms with Crippen molar-refractivity contribution in [3.8, 4) is 5.75 Å². The van der Waals surface area contributed by atoms with Gasteiger partial charge in [0.15, 0.2) is 11.6 Å². The molecule has 1 aromatic carbocycles. The molecule has 0 atom stereocenters. The van der Waals surface area contributed by atoms with Crippen LogP contribution in [-0.4, -0.2) is 6.36 Å². The number of alkyl halides is 3. The monoisotopic (exact) mass is 243 g/mol. The topological polar surface area (TPSA) is 35.2 Å². The summed E-state index contributed by atoms with van der Waals surface area (Å²) < 4.78 is 52.1. The van der Waals surface area contributed by atoms with Crippen molar-refractivity contribution < 1.29 is 22.3 Å². The standard InChI is InChI=1S/C8H6ClF4NO/c9-5-1-2-6(15-8(11,12)13)7(10)4(5)3-14/h1-2H,3,14H2. The average molecular weight is 244 g/mol. The summed E-state index contributed by atoms with van der Waals surface area (Å²) in [7, 11) is 0. The summed E-state index contributed by atoms with van der Waals surface area (Å²) in [6.07, 6.45) is -4.94. The van der Waals surface area contributed by atoms with Gasteiger partial charge >= 0.3 is 6.36 Å². The van der Waals surface area contributed by atoms with Crippen LogP contribution in [0.15, 0.2) is 12.1 Å². The highest BCUT2D eigenvalue weighted by Gasteiger charge is 2.32. The molecule has 0 bridgehead atoms. The van der Waals surface area contributed by atoms with Gasteiger partial charge in [0.1, 0.15) is 0 Å². The molecule has 0 saturated carbocycles. The molecule has 1 aromatic rings. The van der Waals surface area contributed by atoms with E-state index in [1.54, 1.807) is 0 Å². The third kappa shape index (κ3) is 2.97. The Hall–Kier alpha value is -1.01. The molecule has 0 fully saturated rings. The van der Waals surface area contributed by atoms with Crippen molar-refractivity contribution in [3.05, 3.63) is 28.5 Å². The van der Waals surface area contributed by atoms with Crippen molar-refractivity contribution in [2.24, 2.45) is 5.73 Å². The minimum atomic E-state index is -4.94. The number of benzene rings is 1. The summed E-state index contributed by atoms with van der Waals surface area (Å²) in [4.78, 5) is 0. The lowest BCUT2D eigenvalue weighted by Gasteiger charge is -2.12. The molecule has 0 heterocycles. The van der Waals surface area contributed by atoms with Gasteiger partial charge in [0.05, 0.1) is 0 Å². The molecule has 0 aromatic heterocycles. The van der Waals surface area contributed by atoms with Gasteiger partial charge in [-0.2, -0.15) is 0 Å². The first-order chi connectivity index (χ1) is 6.85. The maximum atomic E-state index is 13.3. The van der Waals surface area contributed by atoms with Crippen LogP contribution in [-0.2, 0) is 6.54 Å². The van der Waals surface area contributed by atoms with Crippen molar-refractivity contribution in [3.63, 3.8) is 0 Å². The van der Waals surface area contributed by atoms with Gasteiger partial charge in [0.25, 0.3) is 0 Å². The van der Waals surface area contributed by atoms with Crippen LogP contribution in [0.5, 0.6) is 5.75 Å². The zero-order valence-electron chi connectivity index (χ0n) is 7.24. The number of ether oxygens (including phenoxy) is 1. The summed E-state index contributed by atoms with van der Waals surface area (Å²) in [5.74, 6) is -2.13. The summed E-state index contributed by atoms with van der Waals surface area (Å²) in [6, 6.07) is 1.89. The number of nitrogens with two attached hydrogens (primary N) is 1. The zero-order chi connectivity index (χ0) is 11.6. The Morgan fingerprint density at radius 3 is 2.40 bits per heavy atom. The zero-order valence-corrected chi connectivity index (χ0v) is 7.99. The first-order valence-corrected chi connectivity index (χ1v) is 4.15. The molecule has 0 spiro atoms. The predicted molar refractivity (Wildman–Crippen MR) is 46.0 cm³/mol. The van der Waals surface area contributed by atoms with Gasteiger partial charge in [0.2, 0.25) is 0 Å². The van der Waals surface area contributed by atoms with Crippen molar-refractivity contribution in [1.82, 2.24) is 0 Å². The van der Waals surface area contributed by atoms with E-state index in [0.717, 1.165) is 12.1 Å². The molecule has 0 amide bonds. The van der Waals surface area contributed by atoms with Crippen molar-refractivity contribution in [2.75, 3.05) is 0 Å². The third-order valence-corrected chi connectivity index (χ3v) is 1.93. The molecule has 2 N–H and O–H groups in total. The van der Waals surface area contributed by atoms with E-state index >= 15 is 0 Å². The molecule has 15 heavy (non-hydrogen) atoms. The van der Waals surface area contributed by atoms with Crippen LogP contribution >= 0.6 is 11.6 Å². The van der Waals surface area contributed by atoms with Crippen molar-refractivity contribution in [1.29, 1.82) is 0 Å². The van der Waals surface area contributed by atoms with E-state index in [1.165, 1.54) is 0 Å². The van der Waals surface area contributed by atoms with Crippen LogP contribution in [0.2, 0.25) is 5.02 Å².